The highest BCUT2D eigenvalue weighted by Gasteiger charge is 1.99. The summed E-state index contributed by atoms with van der Waals surface area (Å²) >= 11 is 3.32. The fourth-order valence-corrected chi connectivity index (χ4v) is 1.29. The molecule has 2 nitrogen and oxygen atoms in total. The van der Waals surface area contributed by atoms with E-state index in [1.807, 2.05) is 24.3 Å². The number of rotatable bonds is 3. The minimum absolute atomic E-state index is 0.274. The predicted octanol–water partition coefficient (Wildman–Crippen LogP) is 1.22. The Labute approximate surface area is 74.6 Å². The quantitative estimate of drug-likeness (QED) is 0.606. The standard InChI is InChI=1S/C7H8BBrO2/c9-5-6-3-1-2-4-7(6)11-8-10/h1-4,8,10H,5H2. The van der Waals surface area contributed by atoms with Gasteiger partial charge in [0.05, 0.1) is 0 Å². The molecule has 0 aliphatic carbocycles. The van der Waals surface area contributed by atoms with Crippen LogP contribution in [-0.2, 0) is 5.33 Å². The van der Waals surface area contributed by atoms with Crippen LogP contribution in [-0.4, -0.2) is 12.7 Å². The summed E-state index contributed by atoms with van der Waals surface area (Å²) in [5.41, 5.74) is 1.04. The lowest BCUT2D eigenvalue weighted by molar-refractivity contribution is 0.451. The van der Waals surface area contributed by atoms with Crippen LogP contribution < -0.4 is 4.65 Å². The van der Waals surface area contributed by atoms with Crippen LogP contribution in [0.1, 0.15) is 5.56 Å². The van der Waals surface area contributed by atoms with E-state index in [0.717, 1.165) is 16.6 Å². The number of hydrogen-bond acceptors (Lipinski definition) is 2. The van der Waals surface area contributed by atoms with Crippen LogP contribution >= 0.6 is 15.9 Å². The van der Waals surface area contributed by atoms with Crippen molar-refractivity contribution >= 4 is 23.6 Å². The Morgan fingerprint density at radius 1 is 1.45 bits per heavy atom. The van der Waals surface area contributed by atoms with E-state index in [1.54, 1.807) is 0 Å². The second-order valence-corrected chi connectivity index (χ2v) is 2.58. The molecule has 1 rings (SSSR count). The summed E-state index contributed by atoms with van der Waals surface area (Å²) < 4.78 is 4.95. The monoisotopic (exact) mass is 214 g/mol. The molecule has 0 radical (unpaired) electrons. The highest BCUT2D eigenvalue weighted by molar-refractivity contribution is 9.08. The maximum Gasteiger partial charge on any atom is 0.504 e. The molecule has 0 saturated heterocycles. The number of benzene rings is 1. The molecule has 0 atom stereocenters. The van der Waals surface area contributed by atoms with Crippen LogP contribution in [0.25, 0.3) is 0 Å². The summed E-state index contributed by atoms with van der Waals surface area (Å²) in [5, 5.41) is 9.24. The topological polar surface area (TPSA) is 29.5 Å². The van der Waals surface area contributed by atoms with Gasteiger partial charge >= 0.3 is 7.69 Å². The van der Waals surface area contributed by atoms with Crippen LogP contribution in [0.2, 0.25) is 0 Å². The molecule has 4 heteroatoms. The Hall–Kier alpha value is -0.475. The molecule has 0 aliphatic rings. The molecule has 1 aromatic rings. The van der Waals surface area contributed by atoms with Gasteiger partial charge in [0.1, 0.15) is 5.75 Å². The van der Waals surface area contributed by atoms with E-state index in [9.17, 15) is 0 Å². The maximum atomic E-state index is 8.50. The Bertz CT molecular complexity index is 229. The average Bonchev–Trinajstić information content (AvgIpc) is 2.06. The van der Waals surface area contributed by atoms with Gasteiger partial charge in [0.2, 0.25) is 0 Å². The first-order chi connectivity index (χ1) is 5.38. The van der Waals surface area contributed by atoms with Crippen molar-refractivity contribution in [1.82, 2.24) is 0 Å². The van der Waals surface area contributed by atoms with Crippen molar-refractivity contribution in [2.24, 2.45) is 0 Å². The average molecular weight is 215 g/mol. The van der Waals surface area contributed by atoms with Crippen molar-refractivity contribution in [3.8, 4) is 5.75 Å². The first-order valence-corrected chi connectivity index (χ1v) is 4.38. The van der Waals surface area contributed by atoms with Crippen LogP contribution in [0.3, 0.4) is 0 Å². The Morgan fingerprint density at radius 2 is 2.18 bits per heavy atom. The molecule has 0 bridgehead atoms. The molecule has 11 heavy (non-hydrogen) atoms. The van der Waals surface area contributed by atoms with Gasteiger partial charge in [-0.25, -0.2) is 0 Å². The number of para-hydroxylation sites is 1. The van der Waals surface area contributed by atoms with Crippen molar-refractivity contribution < 1.29 is 9.68 Å². The summed E-state index contributed by atoms with van der Waals surface area (Å²) in [7, 11) is -0.274. The lowest BCUT2D eigenvalue weighted by Crippen LogP contribution is -2.01. The van der Waals surface area contributed by atoms with Gasteiger partial charge in [-0.15, -0.1) is 0 Å². The van der Waals surface area contributed by atoms with Gasteiger partial charge in [-0.1, -0.05) is 34.1 Å². The molecule has 1 N–H and O–H groups in total. The zero-order valence-electron chi connectivity index (χ0n) is 5.96. The molecule has 1 aromatic carbocycles. The van der Waals surface area contributed by atoms with Gasteiger partial charge in [-0.05, 0) is 6.07 Å². The summed E-state index contributed by atoms with van der Waals surface area (Å²) in [6.07, 6.45) is 0. The SMILES string of the molecule is OBOc1ccccc1CBr. The van der Waals surface area contributed by atoms with Gasteiger partial charge in [-0.2, -0.15) is 0 Å². The Morgan fingerprint density at radius 3 is 2.82 bits per heavy atom. The second-order valence-electron chi connectivity index (χ2n) is 2.01. The van der Waals surface area contributed by atoms with E-state index < -0.39 is 0 Å². The number of halogens is 1. The molecular formula is C7H8BBrO2. The molecule has 0 fully saturated rings. The van der Waals surface area contributed by atoms with Crippen molar-refractivity contribution in [3.63, 3.8) is 0 Å². The fraction of sp³-hybridized carbons (Fsp3) is 0.143. The van der Waals surface area contributed by atoms with Crippen molar-refractivity contribution in [3.05, 3.63) is 29.8 Å². The summed E-state index contributed by atoms with van der Waals surface area (Å²) in [6, 6.07) is 7.57. The van der Waals surface area contributed by atoms with Crippen LogP contribution in [0.15, 0.2) is 24.3 Å². The molecule has 0 aromatic heterocycles. The van der Waals surface area contributed by atoms with Crippen molar-refractivity contribution in [2.45, 2.75) is 5.33 Å². The smallest absolute Gasteiger partial charge is 0.504 e. The van der Waals surface area contributed by atoms with E-state index in [4.69, 9.17) is 9.68 Å². The Balaban J connectivity index is 2.83. The molecular weight excluding hydrogens is 207 g/mol. The third-order valence-corrected chi connectivity index (χ3v) is 1.94. The third kappa shape index (κ3) is 2.24. The third-order valence-electron chi connectivity index (χ3n) is 1.34. The van der Waals surface area contributed by atoms with Crippen LogP contribution in [0, 0.1) is 0 Å². The predicted molar refractivity (Wildman–Crippen MR) is 49.1 cm³/mol. The number of alkyl halides is 1. The van der Waals surface area contributed by atoms with Crippen molar-refractivity contribution in [1.29, 1.82) is 0 Å². The summed E-state index contributed by atoms with van der Waals surface area (Å²) in [5.74, 6) is 0.729. The molecule has 0 aliphatic heterocycles. The molecule has 0 saturated carbocycles. The van der Waals surface area contributed by atoms with E-state index in [1.165, 1.54) is 0 Å². The van der Waals surface area contributed by atoms with E-state index >= 15 is 0 Å². The lowest BCUT2D eigenvalue weighted by Gasteiger charge is -2.05. The van der Waals surface area contributed by atoms with Crippen LogP contribution in [0.5, 0.6) is 5.75 Å². The highest BCUT2D eigenvalue weighted by Crippen LogP contribution is 2.19. The molecule has 0 amide bonds. The van der Waals surface area contributed by atoms with E-state index in [0.29, 0.717) is 0 Å². The highest BCUT2D eigenvalue weighted by atomic mass is 79.9. The molecule has 0 heterocycles. The van der Waals surface area contributed by atoms with Crippen LogP contribution in [0.4, 0.5) is 0 Å². The van der Waals surface area contributed by atoms with Gasteiger partial charge in [0.25, 0.3) is 0 Å². The van der Waals surface area contributed by atoms with E-state index in [2.05, 4.69) is 15.9 Å². The largest absolute Gasteiger partial charge is 0.539 e. The lowest BCUT2D eigenvalue weighted by atomic mass is 10.2. The van der Waals surface area contributed by atoms with Gasteiger partial charge in [-0.3, -0.25) is 0 Å². The second kappa shape index (κ2) is 4.41. The molecule has 0 spiro atoms. The van der Waals surface area contributed by atoms with Gasteiger partial charge in [0.15, 0.2) is 0 Å². The zero-order chi connectivity index (χ0) is 8.10. The maximum absolute atomic E-state index is 8.50. The molecule has 0 unspecified atom stereocenters. The summed E-state index contributed by atoms with van der Waals surface area (Å²) in [6.45, 7) is 0. The number of hydrogen-bond donors (Lipinski definition) is 1. The van der Waals surface area contributed by atoms with Gasteiger partial charge in [0, 0.05) is 10.9 Å². The first-order valence-electron chi connectivity index (χ1n) is 3.26. The first kappa shape index (κ1) is 8.62. The minimum atomic E-state index is -0.274. The van der Waals surface area contributed by atoms with Gasteiger partial charge < -0.3 is 9.68 Å². The molecule has 58 valence electrons. The summed E-state index contributed by atoms with van der Waals surface area (Å²) in [4.78, 5) is 0. The fourth-order valence-electron chi connectivity index (χ4n) is 0.825. The Kier molecular flexibility index (Phi) is 3.46. The van der Waals surface area contributed by atoms with E-state index in [-0.39, 0.29) is 7.69 Å². The minimum Gasteiger partial charge on any atom is -0.539 e. The zero-order valence-corrected chi connectivity index (χ0v) is 7.54. The van der Waals surface area contributed by atoms with Crippen molar-refractivity contribution in [2.75, 3.05) is 0 Å². The normalized spacial score (nSPS) is 9.27.